The fourth-order valence-corrected chi connectivity index (χ4v) is 3.34. The summed E-state index contributed by atoms with van der Waals surface area (Å²) in [5, 5.41) is 11.2. The molecule has 0 atom stereocenters. The van der Waals surface area contributed by atoms with Gasteiger partial charge >= 0.3 is 0 Å². The minimum Gasteiger partial charge on any atom is -0.349 e. The number of amides is 1. The van der Waals surface area contributed by atoms with Gasteiger partial charge in [-0.05, 0) is 61.4 Å². The molecule has 1 amide bonds. The third-order valence-corrected chi connectivity index (χ3v) is 4.75. The lowest BCUT2D eigenvalue weighted by Gasteiger charge is -2.12. The molecule has 0 unspecified atom stereocenters. The number of carbonyl (C=O) groups is 1. The third kappa shape index (κ3) is 3.35. The van der Waals surface area contributed by atoms with Crippen LogP contribution in [0.3, 0.4) is 0 Å². The zero-order valence-electron chi connectivity index (χ0n) is 14.2. The van der Waals surface area contributed by atoms with Crippen molar-refractivity contribution in [3.63, 3.8) is 0 Å². The van der Waals surface area contributed by atoms with Crippen LogP contribution in [0.15, 0.2) is 54.7 Å². The third-order valence-electron chi connectivity index (χ3n) is 4.75. The fraction of sp³-hybridized carbons (Fsp3) is 0.250. The van der Waals surface area contributed by atoms with Gasteiger partial charge in [0.15, 0.2) is 0 Å². The van der Waals surface area contributed by atoms with Crippen molar-refractivity contribution in [2.24, 2.45) is 0 Å². The topological polar surface area (TPSA) is 59.8 Å². The van der Waals surface area contributed by atoms with Gasteiger partial charge < -0.3 is 5.32 Å². The lowest BCUT2D eigenvalue weighted by Crippen LogP contribution is -2.32. The first-order chi connectivity index (χ1) is 12.7. The van der Waals surface area contributed by atoms with E-state index in [1.54, 1.807) is 35.1 Å². The molecule has 5 nitrogen and oxygen atoms in total. The number of halogens is 1. The summed E-state index contributed by atoms with van der Waals surface area (Å²) in [4.78, 5) is 12.3. The Morgan fingerprint density at radius 1 is 1.04 bits per heavy atom. The summed E-state index contributed by atoms with van der Waals surface area (Å²) in [6.45, 7) is 0. The Labute approximate surface area is 150 Å². The lowest BCUT2D eigenvalue weighted by atomic mass is 10.1. The van der Waals surface area contributed by atoms with Crippen molar-refractivity contribution >= 4 is 5.91 Å². The van der Waals surface area contributed by atoms with Crippen LogP contribution in [0.2, 0.25) is 0 Å². The molecule has 0 aliphatic heterocycles. The van der Waals surface area contributed by atoms with Gasteiger partial charge in [-0.25, -0.2) is 9.07 Å². The molecule has 1 N–H and O–H groups in total. The summed E-state index contributed by atoms with van der Waals surface area (Å²) in [5.74, 6) is -0.328. The number of aromatic nitrogens is 3. The Morgan fingerprint density at radius 3 is 2.42 bits per heavy atom. The molecule has 1 heterocycles. The van der Waals surface area contributed by atoms with Gasteiger partial charge in [0.05, 0.1) is 17.6 Å². The summed E-state index contributed by atoms with van der Waals surface area (Å²) in [5.41, 5.74) is 3.00. The summed E-state index contributed by atoms with van der Waals surface area (Å²) < 4.78 is 14.8. The highest BCUT2D eigenvalue weighted by atomic mass is 19.1. The van der Waals surface area contributed by atoms with E-state index in [0.717, 1.165) is 29.8 Å². The van der Waals surface area contributed by atoms with Crippen LogP contribution in [0.4, 0.5) is 4.39 Å². The molecule has 26 heavy (non-hydrogen) atoms. The molecular weight excluding hydrogens is 331 g/mol. The molecule has 132 valence electrons. The molecule has 1 aromatic heterocycles. The largest absolute Gasteiger partial charge is 0.349 e. The number of hydrogen-bond acceptors (Lipinski definition) is 3. The number of nitrogens with one attached hydrogen (secondary N) is 1. The molecule has 1 saturated carbocycles. The molecular formula is C20H19FN4O. The molecule has 4 rings (SSSR count). The maximum atomic E-state index is 13.1. The van der Waals surface area contributed by atoms with E-state index in [4.69, 9.17) is 0 Å². The van der Waals surface area contributed by atoms with E-state index in [0.29, 0.717) is 11.6 Å². The van der Waals surface area contributed by atoms with Gasteiger partial charge in [0.2, 0.25) is 0 Å². The second-order valence-corrected chi connectivity index (χ2v) is 6.54. The number of carbonyl (C=O) groups excluding carboxylic acids is 1. The lowest BCUT2D eigenvalue weighted by molar-refractivity contribution is 0.0938. The van der Waals surface area contributed by atoms with Crippen LogP contribution < -0.4 is 5.32 Å². The highest BCUT2D eigenvalue weighted by Crippen LogP contribution is 2.22. The van der Waals surface area contributed by atoms with Gasteiger partial charge in [-0.3, -0.25) is 4.79 Å². The molecule has 0 spiro atoms. The molecule has 0 radical (unpaired) electrons. The molecule has 6 heteroatoms. The fourth-order valence-electron chi connectivity index (χ4n) is 3.34. The first kappa shape index (κ1) is 16.4. The molecule has 1 aliphatic rings. The van der Waals surface area contributed by atoms with E-state index in [1.807, 2.05) is 12.1 Å². The zero-order chi connectivity index (χ0) is 17.9. The standard InChI is InChI=1S/C20H19FN4O/c21-16-9-5-14(6-10-16)19-13-22-24-25(19)18-11-7-15(8-12-18)20(26)23-17-3-1-2-4-17/h5-13,17H,1-4H2,(H,23,26). The number of nitrogens with zero attached hydrogens (tertiary/aromatic N) is 3. The van der Waals surface area contributed by atoms with E-state index in [-0.39, 0.29) is 11.7 Å². The van der Waals surface area contributed by atoms with Crippen LogP contribution in [0.5, 0.6) is 0 Å². The monoisotopic (exact) mass is 350 g/mol. The van der Waals surface area contributed by atoms with E-state index in [1.165, 1.54) is 25.0 Å². The van der Waals surface area contributed by atoms with Crippen molar-refractivity contribution < 1.29 is 9.18 Å². The quantitative estimate of drug-likeness (QED) is 0.780. The summed E-state index contributed by atoms with van der Waals surface area (Å²) in [6.07, 6.45) is 6.12. The van der Waals surface area contributed by atoms with Crippen molar-refractivity contribution in [2.75, 3.05) is 0 Å². The normalized spacial score (nSPS) is 14.5. The minimum atomic E-state index is -0.287. The summed E-state index contributed by atoms with van der Waals surface area (Å²) in [7, 11) is 0. The molecule has 0 saturated heterocycles. The van der Waals surface area contributed by atoms with Crippen molar-refractivity contribution in [1.82, 2.24) is 20.3 Å². The van der Waals surface area contributed by atoms with Crippen LogP contribution in [-0.4, -0.2) is 26.9 Å². The Bertz CT molecular complexity index is 896. The van der Waals surface area contributed by atoms with Gasteiger partial charge in [-0.1, -0.05) is 18.1 Å². The van der Waals surface area contributed by atoms with Gasteiger partial charge in [-0.2, -0.15) is 0 Å². The smallest absolute Gasteiger partial charge is 0.251 e. The van der Waals surface area contributed by atoms with Crippen LogP contribution in [-0.2, 0) is 0 Å². The van der Waals surface area contributed by atoms with Crippen molar-refractivity contribution in [1.29, 1.82) is 0 Å². The second kappa shape index (κ2) is 7.07. The zero-order valence-corrected chi connectivity index (χ0v) is 14.2. The van der Waals surface area contributed by atoms with E-state index >= 15 is 0 Å². The predicted octanol–water partition coefficient (Wildman–Crippen LogP) is 3.75. The van der Waals surface area contributed by atoms with Gasteiger partial charge in [0.1, 0.15) is 5.82 Å². The van der Waals surface area contributed by atoms with E-state index in [9.17, 15) is 9.18 Å². The van der Waals surface area contributed by atoms with Crippen LogP contribution in [0.25, 0.3) is 16.9 Å². The van der Waals surface area contributed by atoms with E-state index in [2.05, 4.69) is 15.6 Å². The average molecular weight is 350 g/mol. The van der Waals surface area contributed by atoms with Gasteiger partial charge in [-0.15, -0.1) is 5.10 Å². The number of rotatable bonds is 4. The van der Waals surface area contributed by atoms with Crippen LogP contribution in [0, 0.1) is 5.82 Å². The average Bonchev–Trinajstić information content (AvgIpc) is 3.34. The van der Waals surface area contributed by atoms with Gasteiger partial charge in [0, 0.05) is 17.2 Å². The molecule has 1 aliphatic carbocycles. The van der Waals surface area contributed by atoms with Crippen molar-refractivity contribution in [2.45, 2.75) is 31.7 Å². The first-order valence-electron chi connectivity index (χ1n) is 8.79. The number of hydrogen-bond donors (Lipinski definition) is 1. The number of benzene rings is 2. The Hall–Kier alpha value is -3.02. The highest BCUT2D eigenvalue weighted by molar-refractivity contribution is 5.94. The maximum Gasteiger partial charge on any atom is 0.251 e. The molecule has 0 bridgehead atoms. The maximum absolute atomic E-state index is 13.1. The van der Waals surface area contributed by atoms with Crippen molar-refractivity contribution in [3.05, 3.63) is 66.1 Å². The molecule has 1 fully saturated rings. The Morgan fingerprint density at radius 2 is 1.73 bits per heavy atom. The van der Waals surface area contributed by atoms with Crippen molar-refractivity contribution in [3.8, 4) is 16.9 Å². The summed E-state index contributed by atoms with van der Waals surface area (Å²) in [6, 6.07) is 13.7. The second-order valence-electron chi connectivity index (χ2n) is 6.54. The summed E-state index contributed by atoms with van der Waals surface area (Å²) >= 11 is 0. The first-order valence-corrected chi connectivity index (χ1v) is 8.79. The van der Waals surface area contributed by atoms with E-state index < -0.39 is 0 Å². The minimum absolute atomic E-state index is 0.0409. The van der Waals surface area contributed by atoms with Crippen LogP contribution >= 0.6 is 0 Å². The molecule has 2 aromatic carbocycles. The Balaban J connectivity index is 1.55. The van der Waals surface area contributed by atoms with Crippen LogP contribution in [0.1, 0.15) is 36.0 Å². The SMILES string of the molecule is O=C(NC1CCCC1)c1ccc(-n2nncc2-c2ccc(F)cc2)cc1. The molecule has 3 aromatic rings. The predicted molar refractivity (Wildman–Crippen MR) is 96.5 cm³/mol. The Kier molecular flexibility index (Phi) is 4.48. The van der Waals surface area contributed by atoms with Gasteiger partial charge in [0.25, 0.3) is 5.91 Å². The highest BCUT2D eigenvalue weighted by Gasteiger charge is 2.18.